The van der Waals surface area contributed by atoms with E-state index in [1.54, 1.807) is 36.4 Å². The summed E-state index contributed by atoms with van der Waals surface area (Å²) in [6.07, 6.45) is 0.883. The van der Waals surface area contributed by atoms with E-state index in [4.69, 9.17) is 14.2 Å². The SMILES string of the molecule is CCc1cccc(NC(=O)c2ccc(OCC(=O)Nc3ccccc3OC)c(OC)c2)c1. The molecule has 0 saturated heterocycles. The molecular formula is C25H26N2O5. The molecule has 2 N–H and O–H groups in total. The molecule has 0 aliphatic carbocycles. The van der Waals surface area contributed by atoms with Crippen molar-refractivity contribution in [2.75, 3.05) is 31.5 Å². The van der Waals surface area contributed by atoms with Gasteiger partial charge in [-0.25, -0.2) is 0 Å². The molecule has 0 bridgehead atoms. The molecule has 0 heterocycles. The van der Waals surface area contributed by atoms with Crippen LogP contribution in [-0.2, 0) is 11.2 Å². The molecule has 0 radical (unpaired) electrons. The summed E-state index contributed by atoms with van der Waals surface area (Å²) in [6.45, 7) is 1.82. The fourth-order valence-corrected chi connectivity index (χ4v) is 3.08. The van der Waals surface area contributed by atoms with Gasteiger partial charge < -0.3 is 24.8 Å². The second-order valence-electron chi connectivity index (χ2n) is 6.91. The number of hydrogen-bond acceptors (Lipinski definition) is 5. The number of para-hydroxylation sites is 2. The van der Waals surface area contributed by atoms with Gasteiger partial charge in [0.05, 0.1) is 19.9 Å². The molecule has 0 aliphatic rings. The molecule has 3 rings (SSSR count). The van der Waals surface area contributed by atoms with Gasteiger partial charge in [0.1, 0.15) is 5.75 Å². The summed E-state index contributed by atoms with van der Waals surface area (Å²) in [5, 5.41) is 5.62. The molecule has 0 unspecified atom stereocenters. The fourth-order valence-electron chi connectivity index (χ4n) is 3.08. The van der Waals surface area contributed by atoms with Crippen LogP contribution in [0.5, 0.6) is 17.2 Å². The van der Waals surface area contributed by atoms with Crippen LogP contribution in [0.15, 0.2) is 66.7 Å². The molecule has 2 amide bonds. The minimum Gasteiger partial charge on any atom is -0.495 e. The Kier molecular flexibility index (Phi) is 7.70. The van der Waals surface area contributed by atoms with Crippen LogP contribution in [0.3, 0.4) is 0 Å². The Labute approximate surface area is 187 Å². The molecule has 0 spiro atoms. The maximum Gasteiger partial charge on any atom is 0.262 e. The zero-order chi connectivity index (χ0) is 22.9. The number of carbonyl (C=O) groups excluding carboxylic acids is 2. The van der Waals surface area contributed by atoms with E-state index in [2.05, 4.69) is 17.6 Å². The third-order valence-corrected chi connectivity index (χ3v) is 4.76. The van der Waals surface area contributed by atoms with Crippen molar-refractivity contribution in [3.63, 3.8) is 0 Å². The highest BCUT2D eigenvalue weighted by molar-refractivity contribution is 6.04. The highest BCUT2D eigenvalue weighted by atomic mass is 16.5. The third kappa shape index (κ3) is 5.78. The van der Waals surface area contributed by atoms with Crippen LogP contribution in [0.2, 0.25) is 0 Å². The molecular weight excluding hydrogens is 408 g/mol. The second-order valence-corrected chi connectivity index (χ2v) is 6.91. The lowest BCUT2D eigenvalue weighted by Gasteiger charge is -2.13. The molecule has 7 nitrogen and oxygen atoms in total. The first-order chi connectivity index (χ1) is 15.5. The zero-order valence-corrected chi connectivity index (χ0v) is 18.3. The largest absolute Gasteiger partial charge is 0.495 e. The van der Waals surface area contributed by atoms with E-state index >= 15 is 0 Å². The third-order valence-electron chi connectivity index (χ3n) is 4.76. The summed E-state index contributed by atoms with van der Waals surface area (Å²) >= 11 is 0. The number of hydrogen-bond donors (Lipinski definition) is 2. The number of aryl methyl sites for hydroxylation is 1. The molecule has 3 aromatic carbocycles. The minimum absolute atomic E-state index is 0.232. The summed E-state index contributed by atoms with van der Waals surface area (Å²) in [5.74, 6) is 0.640. The van der Waals surface area contributed by atoms with Crippen LogP contribution in [0.25, 0.3) is 0 Å². The first kappa shape index (κ1) is 22.7. The predicted octanol–water partition coefficient (Wildman–Crippen LogP) is 4.54. The van der Waals surface area contributed by atoms with Gasteiger partial charge >= 0.3 is 0 Å². The Morgan fingerprint density at radius 3 is 2.34 bits per heavy atom. The van der Waals surface area contributed by atoms with Crippen molar-refractivity contribution in [2.24, 2.45) is 0 Å². The van der Waals surface area contributed by atoms with Crippen molar-refractivity contribution >= 4 is 23.2 Å². The van der Waals surface area contributed by atoms with Gasteiger partial charge in [-0.15, -0.1) is 0 Å². The molecule has 0 atom stereocenters. The average Bonchev–Trinajstić information content (AvgIpc) is 2.83. The van der Waals surface area contributed by atoms with Gasteiger partial charge in [0, 0.05) is 11.3 Å². The summed E-state index contributed by atoms with van der Waals surface area (Å²) in [4.78, 5) is 24.9. The van der Waals surface area contributed by atoms with Gasteiger partial charge in [0.15, 0.2) is 18.1 Å². The maximum atomic E-state index is 12.6. The van der Waals surface area contributed by atoms with E-state index in [1.807, 2.05) is 30.3 Å². The standard InChI is InChI=1S/C25H26N2O5/c1-4-17-8-7-9-19(14-17)26-25(29)18-12-13-22(23(15-18)31-3)32-16-24(28)27-20-10-5-6-11-21(20)30-2/h5-15H,4,16H2,1-3H3,(H,26,29)(H,27,28). The smallest absolute Gasteiger partial charge is 0.262 e. The van der Waals surface area contributed by atoms with Gasteiger partial charge in [-0.3, -0.25) is 9.59 Å². The van der Waals surface area contributed by atoms with Crippen LogP contribution >= 0.6 is 0 Å². The van der Waals surface area contributed by atoms with Crippen molar-refractivity contribution in [1.82, 2.24) is 0 Å². The average molecular weight is 434 g/mol. The van der Waals surface area contributed by atoms with Crippen LogP contribution in [-0.4, -0.2) is 32.6 Å². The van der Waals surface area contributed by atoms with E-state index < -0.39 is 0 Å². The van der Waals surface area contributed by atoms with Crippen molar-refractivity contribution in [1.29, 1.82) is 0 Å². The summed E-state index contributed by atoms with van der Waals surface area (Å²) in [7, 11) is 3.01. The van der Waals surface area contributed by atoms with Crippen LogP contribution < -0.4 is 24.8 Å². The molecule has 166 valence electrons. The summed E-state index contributed by atoms with van der Waals surface area (Å²) in [6, 6.07) is 19.6. The number of rotatable bonds is 9. The van der Waals surface area contributed by atoms with E-state index in [9.17, 15) is 9.59 Å². The van der Waals surface area contributed by atoms with Crippen LogP contribution in [0.1, 0.15) is 22.8 Å². The second kappa shape index (κ2) is 10.9. The van der Waals surface area contributed by atoms with Crippen molar-refractivity contribution < 1.29 is 23.8 Å². The van der Waals surface area contributed by atoms with E-state index in [-0.39, 0.29) is 18.4 Å². The van der Waals surface area contributed by atoms with Gasteiger partial charge in [-0.05, 0) is 54.4 Å². The quantitative estimate of drug-likeness (QED) is 0.517. The first-order valence-corrected chi connectivity index (χ1v) is 10.2. The Balaban J connectivity index is 1.64. The lowest BCUT2D eigenvalue weighted by molar-refractivity contribution is -0.118. The van der Waals surface area contributed by atoms with Crippen LogP contribution in [0, 0.1) is 0 Å². The number of carbonyl (C=O) groups is 2. The Morgan fingerprint density at radius 1 is 0.812 bits per heavy atom. The lowest BCUT2D eigenvalue weighted by atomic mass is 10.1. The van der Waals surface area contributed by atoms with E-state index in [0.717, 1.165) is 17.7 Å². The van der Waals surface area contributed by atoms with Crippen molar-refractivity contribution in [3.8, 4) is 17.2 Å². The first-order valence-electron chi connectivity index (χ1n) is 10.2. The molecule has 0 fully saturated rings. The fraction of sp³-hybridized carbons (Fsp3) is 0.200. The van der Waals surface area contributed by atoms with Gasteiger partial charge in [-0.2, -0.15) is 0 Å². The Bertz CT molecular complexity index is 1100. The number of nitrogens with one attached hydrogen (secondary N) is 2. The van der Waals surface area contributed by atoms with E-state index in [1.165, 1.54) is 14.2 Å². The summed E-state index contributed by atoms with van der Waals surface area (Å²) < 4.78 is 16.2. The summed E-state index contributed by atoms with van der Waals surface area (Å²) in [5.41, 5.74) is 2.82. The monoisotopic (exact) mass is 434 g/mol. The molecule has 0 saturated carbocycles. The lowest BCUT2D eigenvalue weighted by Crippen LogP contribution is -2.20. The molecule has 0 aromatic heterocycles. The normalized spacial score (nSPS) is 10.2. The molecule has 7 heteroatoms. The highest BCUT2D eigenvalue weighted by Crippen LogP contribution is 2.29. The predicted molar refractivity (Wildman–Crippen MR) is 124 cm³/mol. The number of methoxy groups -OCH3 is 2. The highest BCUT2D eigenvalue weighted by Gasteiger charge is 2.14. The Morgan fingerprint density at radius 2 is 1.59 bits per heavy atom. The minimum atomic E-state index is -0.353. The number of anilines is 2. The van der Waals surface area contributed by atoms with Crippen molar-refractivity contribution in [2.45, 2.75) is 13.3 Å². The van der Waals surface area contributed by atoms with Gasteiger partial charge in [0.2, 0.25) is 0 Å². The number of amides is 2. The van der Waals surface area contributed by atoms with E-state index in [0.29, 0.717) is 28.5 Å². The Hall–Kier alpha value is -4.00. The zero-order valence-electron chi connectivity index (χ0n) is 18.3. The van der Waals surface area contributed by atoms with Crippen LogP contribution in [0.4, 0.5) is 11.4 Å². The van der Waals surface area contributed by atoms with Crippen molar-refractivity contribution in [3.05, 3.63) is 77.9 Å². The number of benzene rings is 3. The molecule has 0 aliphatic heterocycles. The van der Waals surface area contributed by atoms with Gasteiger partial charge in [0.25, 0.3) is 11.8 Å². The maximum absolute atomic E-state index is 12.6. The number of ether oxygens (including phenoxy) is 3. The topological polar surface area (TPSA) is 85.9 Å². The van der Waals surface area contributed by atoms with Gasteiger partial charge in [-0.1, -0.05) is 31.2 Å². The molecule has 32 heavy (non-hydrogen) atoms. The molecule has 3 aromatic rings.